The van der Waals surface area contributed by atoms with Gasteiger partial charge in [-0.2, -0.15) is 0 Å². The second-order valence-electron chi connectivity index (χ2n) is 26.6. The molecule has 4 saturated carbocycles. The third-order valence-electron chi connectivity index (χ3n) is 22.3. The summed E-state index contributed by atoms with van der Waals surface area (Å²) in [5.41, 5.74) is 23.5. The molecule has 7 aromatic rings. The lowest BCUT2D eigenvalue weighted by Crippen LogP contribution is -2.51. The van der Waals surface area contributed by atoms with Gasteiger partial charge in [-0.15, -0.1) is 0 Å². The summed E-state index contributed by atoms with van der Waals surface area (Å²) >= 11 is 0. The number of pyridine rings is 6. The zero-order valence-electron chi connectivity index (χ0n) is 43.5. The minimum Gasteiger partial charge on any atom is -0.254 e. The van der Waals surface area contributed by atoms with Crippen LogP contribution >= 0.6 is 0 Å². The molecule has 362 valence electrons. The van der Waals surface area contributed by atoms with E-state index in [-0.39, 0.29) is 10.8 Å². The Balaban J connectivity index is 0.688. The van der Waals surface area contributed by atoms with Crippen LogP contribution in [0.25, 0.3) is 45.6 Å². The highest BCUT2D eigenvalue weighted by Crippen LogP contribution is 2.69. The van der Waals surface area contributed by atoms with Crippen LogP contribution in [0.4, 0.5) is 0 Å². The van der Waals surface area contributed by atoms with Gasteiger partial charge in [-0.05, 0) is 236 Å². The van der Waals surface area contributed by atoms with Crippen molar-refractivity contribution in [3.05, 3.63) is 165 Å². The molecule has 19 rings (SSSR count). The maximum atomic E-state index is 5.25. The number of aromatic nitrogens is 6. The first-order valence-electron chi connectivity index (χ1n) is 27.6. The molecular formula is C66H68N6. The van der Waals surface area contributed by atoms with Gasteiger partial charge in [0.15, 0.2) is 0 Å². The van der Waals surface area contributed by atoms with E-state index in [2.05, 4.69) is 165 Å². The van der Waals surface area contributed by atoms with Gasteiger partial charge in [0.05, 0.1) is 45.6 Å². The van der Waals surface area contributed by atoms with E-state index < -0.39 is 0 Å². The van der Waals surface area contributed by atoms with Crippen LogP contribution < -0.4 is 0 Å². The van der Waals surface area contributed by atoms with Gasteiger partial charge in [0, 0.05) is 24.8 Å². The van der Waals surface area contributed by atoms with E-state index in [0.717, 1.165) is 83.1 Å². The molecule has 72 heavy (non-hydrogen) atoms. The zero-order chi connectivity index (χ0) is 48.8. The third-order valence-corrected chi connectivity index (χ3v) is 22.3. The molecule has 0 saturated heterocycles. The van der Waals surface area contributed by atoms with E-state index in [9.17, 15) is 0 Å². The largest absolute Gasteiger partial charge is 0.254 e. The van der Waals surface area contributed by atoms with Gasteiger partial charge in [0.1, 0.15) is 0 Å². The Bertz CT molecular complexity index is 3190. The standard InChI is InChI=1S/C66H68N6/c1-63(2)39-21-37-23-59(67-31-45(37)49(63)25-39)55-11-9-13-57(71-55)61-27-41-43(51-29-53(65(51,5)6)47(41)33-69-61)19-35-15-17-36(18-16-35)20-44-42-28-62(70-34-48(42)54-30-52(44)66(54,7)8)58-14-10-12-56(72-58)60-24-38-22-40-26-50(64(40,3)4)46(38)32-68-60/h9-18,23-24,27-28,31-34,39-40,43-44,49-54H,19-22,25-26,29-30H2,1-8H3/t39-,40-,43-,44-,49-,50-,51+,52+,53-,54-/m1/s1. The van der Waals surface area contributed by atoms with Crippen molar-refractivity contribution in [3.8, 4) is 45.6 Å². The van der Waals surface area contributed by atoms with Gasteiger partial charge in [-0.3, -0.25) is 19.9 Å². The van der Waals surface area contributed by atoms with E-state index in [1.807, 2.05) is 0 Å². The Morgan fingerprint density at radius 3 is 1.08 bits per heavy atom. The Kier molecular flexibility index (Phi) is 9.03. The molecule has 1 aromatic carbocycles. The van der Waals surface area contributed by atoms with E-state index in [4.69, 9.17) is 29.9 Å². The zero-order valence-corrected chi connectivity index (χ0v) is 43.5. The number of hydrogen-bond donors (Lipinski definition) is 0. The summed E-state index contributed by atoms with van der Waals surface area (Å²) in [4.78, 5) is 30.8. The van der Waals surface area contributed by atoms with Crippen LogP contribution in [-0.2, 0) is 25.7 Å². The predicted molar refractivity (Wildman–Crippen MR) is 287 cm³/mol. The maximum Gasteiger partial charge on any atom is 0.0894 e. The molecule has 0 aliphatic heterocycles. The van der Waals surface area contributed by atoms with Crippen molar-refractivity contribution in [2.24, 2.45) is 45.3 Å². The van der Waals surface area contributed by atoms with Crippen LogP contribution in [0.3, 0.4) is 0 Å². The van der Waals surface area contributed by atoms with Crippen LogP contribution in [0.2, 0.25) is 0 Å². The van der Waals surface area contributed by atoms with Crippen molar-refractivity contribution >= 4 is 0 Å². The van der Waals surface area contributed by atoms with Gasteiger partial charge in [0.25, 0.3) is 0 Å². The van der Waals surface area contributed by atoms with Gasteiger partial charge in [-0.1, -0.05) is 91.8 Å². The molecule has 0 N–H and O–H groups in total. The number of nitrogens with zero attached hydrogens (tertiary/aromatic N) is 6. The highest BCUT2D eigenvalue weighted by molar-refractivity contribution is 5.66. The normalized spacial score (nSPS) is 30.2. The van der Waals surface area contributed by atoms with Crippen LogP contribution in [0, 0.1) is 45.3 Å². The molecule has 4 fully saturated rings. The molecule has 12 aliphatic carbocycles. The molecule has 12 aliphatic rings. The minimum atomic E-state index is 0.259. The molecular weight excluding hydrogens is 877 g/mol. The second-order valence-corrected chi connectivity index (χ2v) is 26.6. The molecule has 0 spiro atoms. The molecule has 6 aromatic heterocycles. The summed E-state index contributed by atoms with van der Waals surface area (Å²) in [6.07, 6.45) is 18.2. The number of benzene rings is 1. The molecule has 8 bridgehead atoms. The fraction of sp³-hybridized carbons (Fsp3) is 0.455. The molecule has 0 unspecified atom stereocenters. The van der Waals surface area contributed by atoms with E-state index >= 15 is 0 Å². The summed E-state index contributed by atoms with van der Waals surface area (Å²) in [7, 11) is 0. The summed E-state index contributed by atoms with van der Waals surface area (Å²) in [6.45, 7) is 19.7. The smallest absolute Gasteiger partial charge is 0.0894 e. The summed E-state index contributed by atoms with van der Waals surface area (Å²) in [5.74, 6) is 6.07. The van der Waals surface area contributed by atoms with Crippen molar-refractivity contribution in [1.82, 2.24) is 29.9 Å². The predicted octanol–water partition coefficient (Wildman–Crippen LogP) is 15.0. The van der Waals surface area contributed by atoms with E-state index in [1.54, 1.807) is 0 Å². The quantitative estimate of drug-likeness (QED) is 0.151. The first-order chi connectivity index (χ1) is 34.6. The molecule has 6 heteroatoms. The summed E-state index contributed by atoms with van der Waals surface area (Å²) < 4.78 is 0. The Labute approximate surface area is 426 Å². The number of hydrogen-bond acceptors (Lipinski definition) is 6. The SMILES string of the molecule is CC1(C)[C@@H]2Cc3cc(-c4cccc(-c5cc6c(cn5)[C@H]5C[C@@H]([C@@H]6Cc6ccc(C[C@@H]7c8cc(-c9cccc(-c%10cc%11c(cn%10)[C@H]%10C[C@@H](C%11)C%10(C)C)n9)ncc8[C@H]8C[C@@H]7C8(C)C)cc6)C5(C)C)n4)ncc3[C@H]1C2. The molecule has 6 heterocycles. The van der Waals surface area contributed by atoms with Gasteiger partial charge >= 0.3 is 0 Å². The highest BCUT2D eigenvalue weighted by atomic mass is 14.8. The van der Waals surface area contributed by atoms with Gasteiger partial charge in [0.2, 0.25) is 0 Å². The lowest BCUT2D eigenvalue weighted by Gasteiger charge is -2.60. The van der Waals surface area contributed by atoms with E-state index in [1.165, 1.54) is 81.3 Å². The summed E-state index contributed by atoms with van der Waals surface area (Å²) in [5, 5.41) is 0. The van der Waals surface area contributed by atoms with Crippen LogP contribution in [0.5, 0.6) is 0 Å². The monoisotopic (exact) mass is 945 g/mol. The summed E-state index contributed by atoms with van der Waals surface area (Å²) in [6, 6.07) is 32.0. The van der Waals surface area contributed by atoms with Crippen molar-refractivity contribution in [2.75, 3.05) is 0 Å². The molecule has 0 amide bonds. The van der Waals surface area contributed by atoms with Crippen LogP contribution in [0.1, 0.15) is 172 Å². The number of rotatable bonds is 8. The molecule has 0 radical (unpaired) electrons. The Morgan fingerprint density at radius 1 is 0.375 bits per heavy atom. The first-order valence-corrected chi connectivity index (χ1v) is 27.6. The lowest BCUT2D eigenvalue weighted by atomic mass is 9.43. The minimum absolute atomic E-state index is 0.259. The van der Waals surface area contributed by atoms with Crippen molar-refractivity contribution in [3.63, 3.8) is 0 Å². The highest BCUT2D eigenvalue weighted by Gasteiger charge is 2.59. The third kappa shape index (κ3) is 6.13. The van der Waals surface area contributed by atoms with Gasteiger partial charge in [-0.25, -0.2) is 9.97 Å². The first kappa shape index (κ1) is 43.7. The topological polar surface area (TPSA) is 77.3 Å². The Hall–Kier alpha value is -5.88. The molecule has 10 atom stereocenters. The lowest BCUT2D eigenvalue weighted by molar-refractivity contribution is -0.00603. The van der Waals surface area contributed by atoms with Crippen molar-refractivity contribution < 1.29 is 0 Å². The van der Waals surface area contributed by atoms with Gasteiger partial charge < -0.3 is 0 Å². The van der Waals surface area contributed by atoms with Crippen LogP contribution in [-0.4, -0.2) is 29.9 Å². The fourth-order valence-corrected chi connectivity index (χ4v) is 17.1. The maximum absolute atomic E-state index is 5.25. The van der Waals surface area contributed by atoms with Crippen molar-refractivity contribution in [1.29, 1.82) is 0 Å². The van der Waals surface area contributed by atoms with E-state index in [0.29, 0.717) is 58.2 Å². The fourth-order valence-electron chi connectivity index (χ4n) is 17.1. The average Bonchev–Trinajstić information content (AvgIpc) is 3.40. The Morgan fingerprint density at radius 2 is 0.722 bits per heavy atom. The van der Waals surface area contributed by atoms with Crippen LogP contribution in [0.15, 0.2) is 110 Å². The molecule has 6 nitrogen and oxygen atoms in total. The second kappa shape index (κ2) is 14.9. The van der Waals surface area contributed by atoms with Crippen molar-refractivity contribution in [2.45, 2.75) is 142 Å². The average molecular weight is 945 g/mol.